The molecule has 27 heavy (non-hydrogen) atoms. The molecule has 4 aromatic rings. The van der Waals surface area contributed by atoms with Crippen LogP contribution >= 0.6 is 0 Å². The smallest absolute Gasteiger partial charge is 0.0295 e. The van der Waals surface area contributed by atoms with Crippen LogP contribution in [0.25, 0.3) is 11.1 Å². The molecule has 0 N–H and O–H groups in total. The predicted molar refractivity (Wildman–Crippen MR) is 109 cm³/mol. The molecule has 0 spiro atoms. The molecular weight excluding hydrogens is 328 g/mol. The second-order valence-electron chi connectivity index (χ2n) is 7.24. The molecule has 0 amide bonds. The first-order chi connectivity index (χ1) is 13.4. The normalized spacial score (nSPS) is 13.8. The number of benzene rings is 2. The lowest BCUT2D eigenvalue weighted by Gasteiger charge is -2.33. The number of pyridine rings is 2. The monoisotopic (exact) mass is 348 g/mol. The van der Waals surface area contributed by atoms with Crippen LogP contribution in [0.3, 0.4) is 0 Å². The summed E-state index contributed by atoms with van der Waals surface area (Å²) >= 11 is 0. The molecule has 0 bridgehead atoms. The molecule has 0 saturated heterocycles. The number of hydrogen-bond donors (Lipinski definition) is 0. The van der Waals surface area contributed by atoms with Gasteiger partial charge in [0.05, 0.1) is 0 Å². The Kier molecular flexibility index (Phi) is 3.83. The van der Waals surface area contributed by atoms with Gasteiger partial charge >= 0.3 is 0 Å². The summed E-state index contributed by atoms with van der Waals surface area (Å²) in [5.74, 6) is 0. The SMILES string of the molecule is c1ccc2c(c1)-c1ccccc1C2(Cc1ccncc1)Cc1ccncc1. The van der Waals surface area contributed by atoms with E-state index in [9.17, 15) is 0 Å². The molecular formula is C25H20N2. The van der Waals surface area contributed by atoms with E-state index in [4.69, 9.17) is 0 Å². The average molecular weight is 348 g/mol. The van der Waals surface area contributed by atoms with Crippen molar-refractivity contribution in [2.75, 3.05) is 0 Å². The Morgan fingerprint density at radius 1 is 0.519 bits per heavy atom. The van der Waals surface area contributed by atoms with Gasteiger partial charge < -0.3 is 0 Å². The molecule has 1 aliphatic carbocycles. The minimum absolute atomic E-state index is 0.0874. The topological polar surface area (TPSA) is 25.8 Å². The fourth-order valence-electron chi connectivity index (χ4n) is 4.56. The van der Waals surface area contributed by atoms with Crippen molar-refractivity contribution in [2.24, 2.45) is 0 Å². The molecule has 5 rings (SSSR count). The van der Waals surface area contributed by atoms with Crippen LogP contribution in [0.1, 0.15) is 22.3 Å². The van der Waals surface area contributed by atoms with Crippen LogP contribution in [-0.4, -0.2) is 9.97 Å². The van der Waals surface area contributed by atoms with Crippen molar-refractivity contribution < 1.29 is 0 Å². The van der Waals surface area contributed by atoms with Crippen LogP contribution in [0, 0.1) is 0 Å². The molecule has 0 fully saturated rings. The number of nitrogens with zero attached hydrogens (tertiary/aromatic N) is 2. The lowest BCUT2D eigenvalue weighted by Crippen LogP contribution is -2.31. The van der Waals surface area contributed by atoms with Crippen LogP contribution < -0.4 is 0 Å². The van der Waals surface area contributed by atoms with E-state index in [2.05, 4.69) is 82.8 Å². The zero-order valence-electron chi connectivity index (χ0n) is 15.0. The third-order valence-corrected chi connectivity index (χ3v) is 5.69. The van der Waals surface area contributed by atoms with Gasteiger partial charge in [-0.3, -0.25) is 9.97 Å². The number of rotatable bonds is 4. The molecule has 0 unspecified atom stereocenters. The van der Waals surface area contributed by atoms with E-state index in [0.29, 0.717) is 0 Å². The lowest BCUT2D eigenvalue weighted by molar-refractivity contribution is 0.519. The molecule has 0 atom stereocenters. The average Bonchev–Trinajstić information content (AvgIpc) is 3.00. The molecule has 2 aromatic heterocycles. The lowest BCUT2D eigenvalue weighted by atomic mass is 9.70. The van der Waals surface area contributed by atoms with Crippen LogP contribution in [0.4, 0.5) is 0 Å². The largest absolute Gasteiger partial charge is 0.265 e. The molecule has 2 nitrogen and oxygen atoms in total. The zero-order chi connectivity index (χ0) is 18.1. The Hall–Kier alpha value is -3.26. The summed E-state index contributed by atoms with van der Waals surface area (Å²) in [5.41, 5.74) is 8.08. The summed E-state index contributed by atoms with van der Waals surface area (Å²) in [5, 5.41) is 0. The summed E-state index contributed by atoms with van der Waals surface area (Å²) in [4.78, 5) is 8.41. The Morgan fingerprint density at radius 3 is 1.37 bits per heavy atom. The van der Waals surface area contributed by atoms with Crippen LogP contribution in [0.2, 0.25) is 0 Å². The summed E-state index contributed by atoms with van der Waals surface area (Å²) in [6.45, 7) is 0. The van der Waals surface area contributed by atoms with E-state index >= 15 is 0 Å². The fourth-order valence-corrected chi connectivity index (χ4v) is 4.56. The van der Waals surface area contributed by atoms with E-state index in [0.717, 1.165) is 12.8 Å². The van der Waals surface area contributed by atoms with Crippen LogP contribution in [0.5, 0.6) is 0 Å². The molecule has 2 heteroatoms. The van der Waals surface area contributed by atoms with Gasteiger partial charge in [-0.1, -0.05) is 48.5 Å². The predicted octanol–water partition coefficient (Wildman–Crippen LogP) is 5.23. The Morgan fingerprint density at radius 2 is 0.926 bits per heavy atom. The maximum Gasteiger partial charge on any atom is 0.0295 e. The standard InChI is InChI=1S/C25H20N2/c1-3-7-23-21(5-1)22-6-2-4-8-24(22)25(23,17-19-9-13-26-14-10-19)18-20-11-15-27-16-12-20/h1-16H,17-18H2. The molecule has 1 aliphatic rings. The van der Waals surface area contributed by atoms with E-state index in [-0.39, 0.29) is 5.41 Å². The van der Waals surface area contributed by atoms with Gasteiger partial charge in [0.1, 0.15) is 0 Å². The van der Waals surface area contributed by atoms with Crippen molar-refractivity contribution in [2.45, 2.75) is 18.3 Å². The maximum atomic E-state index is 4.21. The molecule has 0 aliphatic heterocycles. The Labute approximate surface area is 159 Å². The van der Waals surface area contributed by atoms with E-state index in [1.54, 1.807) is 0 Å². The van der Waals surface area contributed by atoms with E-state index in [1.165, 1.54) is 33.4 Å². The highest BCUT2D eigenvalue weighted by Crippen LogP contribution is 2.52. The van der Waals surface area contributed by atoms with Crippen LogP contribution in [-0.2, 0) is 18.3 Å². The van der Waals surface area contributed by atoms with Gasteiger partial charge in [-0.2, -0.15) is 0 Å². The van der Waals surface area contributed by atoms with Gasteiger partial charge in [-0.15, -0.1) is 0 Å². The van der Waals surface area contributed by atoms with Crippen molar-refractivity contribution in [1.82, 2.24) is 9.97 Å². The van der Waals surface area contributed by atoms with Crippen molar-refractivity contribution in [1.29, 1.82) is 0 Å². The van der Waals surface area contributed by atoms with Gasteiger partial charge in [0.25, 0.3) is 0 Å². The van der Waals surface area contributed by atoms with Gasteiger partial charge in [-0.05, 0) is 70.5 Å². The van der Waals surface area contributed by atoms with Gasteiger partial charge in [0, 0.05) is 30.2 Å². The highest BCUT2D eigenvalue weighted by Gasteiger charge is 2.42. The number of fused-ring (bicyclic) bond motifs is 3. The Balaban J connectivity index is 1.75. The van der Waals surface area contributed by atoms with E-state index in [1.807, 2.05) is 24.8 Å². The summed E-state index contributed by atoms with van der Waals surface area (Å²) in [6, 6.07) is 26.3. The molecule has 130 valence electrons. The van der Waals surface area contributed by atoms with Gasteiger partial charge in [0.15, 0.2) is 0 Å². The Bertz CT molecular complexity index is 982. The summed E-state index contributed by atoms with van der Waals surface area (Å²) < 4.78 is 0. The zero-order valence-corrected chi connectivity index (χ0v) is 15.0. The molecule has 2 aromatic carbocycles. The van der Waals surface area contributed by atoms with Crippen molar-refractivity contribution >= 4 is 0 Å². The number of aromatic nitrogens is 2. The van der Waals surface area contributed by atoms with Gasteiger partial charge in [-0.25, -0.2) is 0 Å². The molecule has 0 radical (unpaired) electrons. The third kappa shape index (κ3) is 2.65. The first-order valence-electron chi connectivity index (χ1n) is 9.34. The highest BCUT2D eigenvalue weighted by molar-refractivity contribution is 5.81. The fraction of sp³-hybridized carbons (Fsp3) is 0.120. The van der Waals surface area contributed by atoms with Crippen molar-refractivity contribution in [3.8, 4) is 11.1 Å². The van der Waals surface area contributed by atoms with E-state index < -0.39 is 0 Å². The molecule has 2 heterocycles. The quantitative estimate of drug-likeness (QED) is 0.505. The highest BCUT2D eigenvalue weighted by atomic mass is 14.6. The number of hydrogen-bond acceptors (Lipinski definition) is 2. The summed E-state index contributed by atoms with van der Waals surface area (Å²) in [7, 11) is 0. The van der Waals surface area contributed by atoms with Crippen molar-refractivity contribution in [3.63, 3.8) is 0 Å². The first-order valence-corrected chi connectivity index (χ1v) is 9.34. The van der Waals surface area contributed by atoms with Crippen LogP contribution in [0.15, 0.2) is 97.6 Å². The molecule has 0 saturated carbocycles. The second-order valence-corrected chi connectivity index (χ2v) is 7.24. The first kappa shape index (κ1) is 16.0. The van der Waals surface area contributed by atoms with Gasteiger partial charge in [0.2, 0.25) is 0 Å². The minimum atomic E-state index is -0.0874. The third-order valence-electron chi connectivity index (χ3n) is 5.69. The van der Waals surface area contributed by atoms with Crippen molar-refractivity contribution in [3.05, 3.63) is 120 Å². The minimum Gasteiger partial charge on any atom is -0.265 e. The second kappa shape index (κ2) is 6.48. The maximum absolute atomic E-state index is 4.21. The summed E-state index contributed by atoms with van der Waals surface area (Å²) in [6.07, 6.45) is 9.46.